The largest absolute Gasteiger partial charge is 0.573 e. The third-order valence-electron chi connectivity index (χ3n) is 6.62. The van der Waals surface area contributed by atoms with Gasteiger partial charge in [-0.25, -0.2) is 14.5 Å². The Kier molecular flexibility index (Phi) is 9.30. The number of urea groups is 1. The minimum atomic E-state index is -4.76. The Bertz CT molecular complexity index is 1660. The summed E-state index contributed by atoms with van der Waals surface area (Å²) in [6.07, 6.45) is -3.29. The molecule has 1 aromatic heterocycles. The standard InChI is InChI=1S/C30H27F3N6O4S/c1-19(15-34-28(41)36-29-39(26(40)17-44-29)25-6-4-3-5-22(25)16-42-2)20-7-9-21(10-8-20)27-35-18-38(37-27)23-11-13-24(14-12-23)43-30(31,32)33/h3-14,18-19H,15-17H2,1-2H3,(H,34,41). The van der Waals surface area contributed by atoms with Crippen LogP contribution in [0.3, 0.4) is 0 Å². The van der Waals surface area contributed by atoms with Gasteiger partial charge in [0.2, 0.25) is 5.91 Å². The number of hydrogen-bond acceptors (Lipinski definition) is 7. The molecule has 4 aromatic rings. The second-order valence-electron chi connectivity index (χ2n) is 9.74. The fourth-order valence-corrected chi connectivity index (χ4v) is 5.31. The number of carbonyl (C=O) groups excluding carboxylic acids is 2. The third-order valence-corrected chi connectivity index (χ3v) is 7.54. The van der Waals surface area contributed by atoms with Crippen molar-refractivity contribution in [3.8, 4) is 22.8 Å². The van der Waals surface area contributed by atoms with Crippen molar-refractivity contribution in [2.45, 2.75) is 25.8 Å². The van der Waals surface area contributed by atoms with Gasteiger partial charge in [-0.3, -0.25) is 9.69 Å². The number of halogens is 3. The predicted octanol–water partition coefficient (Wildman–Crippen LogP) is 5.93. The van der Waals surface area contributed by atoms with Gasteiger partial charge >= 0.3 is 12.4 Å². The van der Waals surface area contributed by atoms with Crippen LogP contribution < -0.4 is 15.0 Å². The molecule has 1 aliphatic rings. The number of benzene rings is 3. The fourth-order valence-electron chi connectivity index (χ4n) is 4.45. The van der Waals surface area contributed by atoms with Crippen LogP contribution in [0.25, 0.3) is 17.1 Å². The topological polar surface area (TPSA) is 111 Å². The maximum atomic E-state index is 12.7. The zero-order valence-corrected chi connectivity index (χ0v) is 24.4. The van der Waals surface area contributed by atoms with E-state index >= 15 is 0 Å². The molecule has 1 unspecified atom stereocenters. The van der Waals surface area contributed by atoms with E-state index in [0.29, 0.717) is 35.5 Å². The summed E-state index contributed by atoms with van der Waals surface area (Å²) in [5, 5.41) is 7.55. The predicted molar refractivity (Wildman–Crippen MR) is 160 cm³/mol. The number of para-hydroxylation sites is 1. The summed E-state index contributed by atoms with van der Waals surface area (Å²) in [6, 6.07) is 19.6. The number of nitrogens with zero attached hydrogens (tertiary/aromatic N) is 5. The zero-order valence-electron chi connectivity index (χ0n) is 23.6. The number of methoxy groups -OCH3 is 1. The van der Waals surface area contributed by atoms with E-state index in [1.807, 2.05) is 49.4 Å². The van der Waals surface area contributed by atoms with E-state index in [-0.39, 0.29) is 23.3 Å². The summed E-state index contributed by atoms with van der Waals surface area (Å²) < 4.78 is 47.8. The van der Waals surface area contributed by atoms with Crippen LogP contribution in [0.4, 0.5) is 23.7 Å². The number of rotatable bonds is 9. The average Bonchev–Trinajstić information content (AvgIpc) is 3.63. The monoisotopic (exact) mass is 624 g/mol. The molecule has 3 aromatic carbocycles. The second-order valence-corrected chi connectivity index (χ2v) is 10.7. The van der Waals surface area contributed by atoms with Crippen molar-refractivity contribution in [3.05, 3.63) is 90.3 Å². The van der Waals surface area contributed by atoms with Crippen LogP contribution in [0.5, 0.6) is 5.75 Å². The number of amidine groups is 1. The zero-order chi connectivity index (χ0) is 31.3. The lowest BCUT2D eigenvalue weighted by molar-refractivity contribution is -0.274. The summed E-state index contributed by atoms with van der Waals surface area (Å²) in [5.74, 6) is 0.0862. The van der Waals surface area contributed by atoms with Gasteiger partial charge in [0.1, 0.15) is 12.1 Å². The summed E-state index contributed by atoms with van der Waals surface area (Å²) >= 11 is 1.21. The maximum Gasteiger partial charge on any atom is 0.573 e. The van der Waals surface area contributed by atoms with Gasteiger partial charge in [-0.05, 0) is 41.8 Å². The van der Waals surface area contributed by atoms with Crippen LogP contribution in [-0.4, -0.2) is 57.6 Å². The molecule has 0 bridgehead atoms. The van der Waals surface area contributed by atoms with Crippen molar-refractivity contribution in [3.63, 3.8) is 0 Å². The van der Waals surface area contributed by atoms with E-state index in [9.17, 15) is 22.8 Å². The molecule has 14 heteroatoms. The van der Waals surface area contributed by atoms with Gasteiger partial charge in [0.25, 0.3) is 0 Å². The first-order valence-corrected chi connectivity index (χ1v) is 14.4. The first-order valence-electron chi connectivity index (χ1n) is 13.4. The summed E-state index contributed by atoms with van der Waals surface area (Å²) in [7, 11) is 1.57. The van der Waals surface area contributed by atoms with Gasteiger partial charge in [-0.1, -0.05) is 61.2 Å². The highest BCUT2D eigenvalue weighted by Gasteiger charge is 2.32. The van der Waals surface area contributed by atoms with E-state index in [4.69, 9.17) is 4.74 Å². The lowest BCUT2D eigenvalue weighted by atomic mass is 10.00. The normalized spacial score (nSPS) is 15.1. The van der Waals surface area contributed by atoms with Gasteiger partial charge in [-0.15, -0.1) is 18.3 Å². The fraction of sp³-hybridized carbons (Fsp3) is 0.233. The minimum Gasteiger partial charge on any atom is -0.406 e. The van der Waals surface area contributed by atoms with Gasteiger partial charge in [0, 0.05) is 24.8 Å². The number of aromatic nitrogens is 3. The van der Waals surface area contributed by atoms with Crippen LogP contribution >= 0.6 is 11.8 Å². The van der Waals surface area contributed by atoms with E-state index in [0.717, 1.165) is 16.7 Å². The highest BCUT2D eigenvalue weighted by atomic mass is 32.2. The van der Waals surface area contributed by atoms with Crippen LogP contribution in [0.1, 0.15) is 24.0 Å². The Hall–Kier alpha value is -4.69. The van der Waals surface area contributed by atoms with Gasteiger partial charge in [0.15, 0.2) is 11.0 Å². The van der Waals surface area contributed by atoms with Gasteiger partial charge in [-0.2, -0.15) is 4.99 Å². The van der Waals surface area contributed by atoms with Crippen molar-refractivity contribution in [2.75, 3.05) is 24.3 Å². The molecular formula is C30H27F3N6O4S. The molecule has 0 radical (unpaired) electrons. The molecule has 1 N–H and O–H groups in total. The Morgan fingerprint density at radius 3 is 2.52 bits per heavy atom. The lowest BCUT2D eigenvalue weighted by Crippen LogP contribution is -2.32. The van der Waals surface area contributed by atoms with Crippen LogP contribution in [0.2, 0.25) is 0 Å². The Morgan fingerprint density at radius 1 is 1.09 bits per heavy atom. The van der Waals surface area contributed by atoms with Crippen molar-refractivity contribution in [1.82, 2.24) is 20.1 Å². The van der Waals surface area contributed by atoms with E-state index in [1.165, 1.54) is 51.9 Å². The molecule has 228 valence electrons. The Morgan fingerprint density at radius 2 is 1.82 bits per heavy atom. The maximum absolute atomic E-state index is 12.7. The summed E-state index contributed by atoms with van der Waals surface area (Å²) in [4.78, 5) is 35.3. The molecule has 1 atom stereocenters. The van der Waals surface area contributed by atoms with Crippen molar-refractivity contribution >= 4 is 34.6 Å². The first-order chi connectivity index (χ1) is 21.1. The molecule has 0 aliphatic carbocycles. The third kappa shape index (κ3) is 7.44. The molecule has 5 rings (SSSR count). The van der Waals surface area contributed by atoms with Crippen molar-refractivity contribution in [2.24, 2.45) is 4.99 Å². The van der Waals surface area contributed by atoms with E-state index in [1.54, 1.807) is 13.2 Å². The number of ether oxygens (including phenoxy) is 2. The molecule has 0 saturated carbocycles. The number of alkyl halides is 3. The molecule has 1 aliphatic heterocycles. The number of aliphatic imine (C=N–C) groups is 1. The molecule has 10 nitrogen and oxygen atoms in total. The number of amides is 3. The van der Waals surface area contributed by atoms with Gasteiger partial charge in [0.05, 0.1) is 23.7 Å². The second kappa shape index (κ2) is 13.3. The van der Waals surface area contributed by atoms with Gasteiger partial charge < -0.3 is 14.8 Å². The summed E-state index contributed by atoms with van der Waals surface area (Å²) in [5.41, 5.74) is 3.67. The van der Waals surface area contributed by atoms with Crippen molar-refractivity contribution < 1.29 is 32.2 Å². The Labute approximate surface area is 254 Å². The smallest absolute Gasteiger partial charge is 0.406 e. The number of hydrogen-bond donors (Lipinski definition) is 1. The van der Waals surface area contributed by atoms with E-state index < -0.39 is 12.4 Å². The number of carbonyl (C=O) groups is 2. The number of nitrogens with one attached hydrogen (secondary N) is 1. The van der Waals surface area contributed by atoms with E-state index in [2.05, 4.69) is 25.1 Å². The molecule has 1 saturated heterocycles. The summed E-state index contributed by atoms with van der Waals surface area (Å²) in [6.45, 7) is 2.59. The quantitative estimate of drug-likeness (QED) is 0.246. The Balaban J connectivity index is 1.19. The molecule has 44 heavy (non-hydrogen) atoms. The lowest BCUT2D eigenvalue weighted by Gasteiger charge is -2.19. The SMILES string of the molecule is COCc1ccccc1N1C(=O)CSC1=NC(=O)NCC(C)c1ccc(-c2ncn(-c3ccc(OC(F)(F)F)cc3)n2)cc1. The molecule has 2 heterocycles. The average molecular weight is 625 g/mol. The highest BCUT2D eigenvalue weighted by Crippen LogP contribution is 2.30. The van der Waals surface area contributed by atoms with Crippen LogP contribution in [0, 0.1) is 0 Å². The number of anilines is 1. The van der Waals surface area contributed by atoms with Crippen molar-refractivity contribution in [1.29, 1.82) is 0 Å². The molecular weight excluding hydrogens is 597 g/mol. The first kappa shape index (κ1) is 30.8. The minimum absolute atomic E-state index is 0.0486. The van der Waals surface area contributed by atoms with Crippen LogP contribution in [-0.2, 0) is 16.1 Å². The number of thioether (sulfide) groups is 1. The highest BCUT2D eigenvalue weighted by molar-refractivity contribution is 8.15. The van der Waals surface area contributed by atoms with Crippen LogP contribution in [0.15, 0.2) is 84.1 Å². The molecule has 1 fully saturated rings. The molecule has 0 spiro atoms. The molecule has 3 amide bonds.